The average molecular weight is 446 g/mol. The van der Waals surface area contributed by atoms with E-state index in [1.54, 1.807) is 30.7 Å². The predicted molar refractivity (Wildman–Crippen MR) is 112 cm³/mol. The fourth-order valence-electron chi connectivity index (χ4n) is 3.84. The molecular formula is C21H21ClFN5O3. The van der Waals surface area contributed by atoms with Gasteiger partial charge in [0, 0.05) is 24.9 Å². The van der Waals surface area contributed by atoms with Crippen molar-refractivity contribution in [2.75, 3.05) is 5.32 Å². The number of hydrogen-bond acceptors (Lipinski definition) is 6. The number of carboxylic acid groups (broad SMARTS) is 1. The number of aromatic amines is 1. The van der Waals surface area contributed by atoms with Crippen LogP contribution in [0.2, 0.25) is 5.02 Å². The number of H-pyrrole nitrogens is 1. The Kier molecular flexibility index (Phi) is 6.03. The van der Waals surface area contributed by atoms with Gasteiger partial charge < -0.3 is 15.2 Å². The molecule has 3 N–H and O–H groups in total. The van der Waals surface area contributed by atoms with Gasteiger partial charge in [-0.3, -0.25) is 14.9 Å². The zero-order chi connectivity index (χ0) is 21.8. The Morgan fingerprint density at radius 2 is 2.10 bits per heavy atom. The standard InChI is InChI=1S/C21H21ClFN5O3/c22-15-2-1-3-16(19(15)23)31-14-4-7-21(8-5-14,20(29)30)10-13-11-24-12-18(26-13)27-17-6-9-25-28-17/h1-3,6,9,11-12,14H,4-5,7-8,10H2,(H,29,30)(H2,25,26,27,28)/t14-,21-. The molecule has 1 saturated carbocycles. The van der Waals surface area contributed by atoms with E-state index in [0.29, 0.717) is 43.0 Å². The molecule has 0 amide bonds. The van der Waals surface area contributed by atoms with Crippen LogP contribution in [0.25, 0.3) is 0 Å². The third kappa shape index (κ3) is 4.77. The number of ether oxygens (including phenoxy) is 1. The number of carboxylic acids is 1. The van der Waals surface area contributed by atoms with Crippen LogP contribution < -0.4 is 10.1 Å². The lowest BCUT2D eigenvalue weighted by atomic mass is 9.70. The number of rotatable bonds is 7. The van der Waals surface area contributed by atoms with Gasteiger partial charge in [0.05, 0.1) is 28.4 Å². The van der Waals surface area contributed by atoms with E-state index >= 15 is 0 Å². The van der Waals surface area contributed by atoms with Crippen LogP contribution in [0.15, 0.2) is 42.9 Å². The Hall–Kier alpha value is -3.20. The van der Waals surface area contributed by atoms with Crippen molar-refractivity contribution in [2.24, 2.45) is 5.41 Å². The fourth-order valence-corrected chi connectivity index (χ4v) is 4.01. The van der Waals surface area contributed by atoms with Crippen LogP contribution in [0.5, 0.6) is 5.75 Å². The number of anilines is 2. The lowest BCUT2D eigenvalue weighted by Crippen LogP contribution is -2.40. The van der Waals surface area contributed by atoms with Crippen molar-refractivity contribution in [3.63, 3.8) is 0 Å². The van der Waals surface area contributed by atoms with Gasteiger partial charge in [0.2, 0.25) is 0 Å². The van der Waals surface area contributed by atoms with Crippen molar-refractivity contribution in [1.82, 2.24) is 20.2 Å². The largest absolute Gasteiger partial charge is 0.487 e. The zero-order valence-corrected chi connectivity index (χ0v) is 17.3. The van der Waals surface area contributed by atoms with Gasteiger partial charge in [0.15, 0.2) is 17.4 Å². The Bertz CT molecular complexity index is 1050. The maximum Gasteiger partial charge on any atom is 0.310 e. The molecule has 31 heavy (non-hydrogen) atoms. The van der Waals surface area contributed by atoms with E-state index in [1.165, 1.54) is 12.1 Å². The predicted octanol–water partition coefficient (Wildman–Crippen LogP) is 4.37. The molecule has 3 aromatic rings. The molecule has 1 fully saturated rings. The van der Waals surface area contributed by atoms with Crippen molar-refractivity contribution >= 4 is 29.2 Å². The lowest BCUT2D eigenvalue weighted by Gasteiger charge is -2.36. The summed E-state index contributed by atoms with van der Waals surface area (Å²) >= 11 is 5.81. The van der Waals surface area contributed by atoms with Crippen molar-refractivity contribution in [2.45, 2.75) is 38.2 Å². The summed E-state index contributed by atoms with van der Waals surface area (Å²) in [7, 11) is 0. The van der Waals surface area contributed by atoms with Crippen LogP contribution in [0.4, 0.5) is 16.0 Å². The molecule has 0 radical (unpaired) electrons. The lowest BCUT2D eigenvalue weighted by molar-refractivity contribution is -0.152. The van der Waals surface area contributed by atoms with E-state index < -0.39 is 17.2 Å². The summed E-state index contributed by atoms with van der Waals surface area (Å²) < 4.78 is 19.9. The molecule has 8 nitrogen and oxygen atoms in total. The summed E-state index contributed by atoms with van der Waals surface area (Å²) in [6.07, 6.45) is 6.49. The van der Waals surface area contributed by atoms with Crippen LogP contribution in [0.1, 0.15) is 31.4 Å². The third-order valence-corrected chi connectivity index (χ3v) is 5.81. The van der Waals surface area contributed by atoms with E-state index in [4.69, 9.17) is 16.3 Å². The topological polar surface area (TPSA) is 113 Å². The average Bonchev–Trinajstić information content (AvgIpc) is 3.26. The zero-order valence-electron chi connectivity index (χ0n) is 16.5. The van der Waals surface area contributed by atoms with Crippen LogP contribution in [0, 0.1) is 11.2 Å². The van der Waals surface area contributed by atoms with Crippen molar-refractivity contribution in [3.8, 4) is 5.75 Å². The molecule has 0 saturated heterocycles. The quantitative estimate of drug-likeness (QED) is 0.494. The minimum atomic E-state index is -0.980. The Balaban J connectivity index is 1.43. The van der Waals surface area contributed by atoms with Gasteiger partial charge in [-0.25, -0.2) is 9.37 Å². The number of nitrogens with zero attached hydrogens (tertiary/aromatic N) is 3. The van der Waals surface area contributed by atoms with Gasteiger partial charge in [-0.05, 0) is 37.8 Å². The first kappa shape index (κ1) is 21.0. The second-order valence-corrected chi connectivity index (χ2v) is 8.02. The van der Waals surface area contributed by atoms with Crippen molar-refractivity contribution < 1.29 is 19.0 Å². The number of carbonyl (C=O) groups is 1. The van der Waals surface area contributed by atoms with E-state index in [-0.39, 0.29) is 23.3 Å². The number of halogens is 2. The first-order chi connectivity index (χ1) is 14.9. The Labute approximate surface area is 182 Å². The highest BCUT2D eigenvalue weighted by Crippen LogP contribution is 2.41. The number of aromatic nitrogens is 4. The molecule has 0 unspecified atom stereocenters. The highest BCUT2D eigenvalue weighted by atomic mass is 35.5. The van der Waals surface area contributed by atoms with Gasteiger partial charge in [-0.1, -0.05) is 17.7 Å². The van der Waals surface area contributed by atoms with Gasteiger partial charge in [-0.15, -0.1) is 0 Å². The first-order valence-electron chi connectivity index (χ1n) is 9.87. The molecular weight excluding hydrogens is 425 g/mol. The van der Waals surface area contributed by atoms with Crippen LogP contribution in [-0.4, -0.2) is 37.3 Å². The number of benzene rings is 1. The van der Waals surface area contributed by atoms with Gasteiger partial charge in [0.25, 0.3) is 0 Å². The Morgan fingerprint density at radius 1 is 1.29 bits per heavy atom. The van der Waals surface area contributed by atoms with E-state index in [2.05, 4.69) is 25.5 Å². The van der Waals surface area contributed by atoms with E-state index in [9.17, 15) is 14.3 Å². The summed E-state index contributed by atoms with van der Waals surface area (Å²) in [6, 6.07) is 6.34. The minimum absolute atomic E-state index is 0.00454. The van der Waals surface area contributed by atoms with Crippen LogP contribution >= 0.6 is 11.6 Å². The van der Waals surface area contributed by atoms with Crippen molar-refractivity contribution in [1.29, 1.82) is 0 Å². The summed E-state index contributed by atoms with van der Waals surface area (Å²) in [5.41, 5.74) is -0.407. The van der Waals surface area contributed by atoms with E-state index in [1.807, 2.05) is 0 Å². The molecule has 10 heteroatoms. The number of aliphatic carboxylic acids is 1. The highest BCUT2D eigenvalue weighted by Gasteiger charge is 2.43. The Morgan fingerprint density at radius 3 is 2.81 bits per heavy atom. The maximum absolute atomic E-state index is 14.1. The molecule has 4 rings (SSSR count). The SMILES string of the molecule is O=C(O)[C@]1(Cc2cncc(Nc3cc[nH]n3)n2)CC[C@@H](Oc2cccc(Cl)c2F)CC1. The van der Waals surface area contributed by atoms with Gasteiger partial charge >= 0.3 is 5.97 Å². The van der Waals surface area contributed by atoms with Gasteiger partial charge in [-0.2, -0.15) is 5.10 Å². The maximum atomic E-state index is 14.1. The molecule has 0 bridgehead atoms. The summed E-state index contributed by atoms with van der Waals surface area (Å²) in [6.45, 7) is 0. The minimum Gasteiger partial charge on any atom is -0.487 e. The van der Waals surface area contributed by atoms with Crippen LogP contribution in [-0.2, 0) is 11.2 Å². The monoisotopic (exact) mass is 445 g/mol. The molecule has 1 aliphatic carbocycles. The van der Waals surface area contributed by atoms with Gasteiger partial charge in [0.1, 0.15) is 5.82 Å². The molecule has 1 aromatic carbocycles. The second-order valence-electron chi connectivity index (χ2n) is 7.61. The highest BCUT2D eigenvalue weighted by molar-refractivity contribution is 6.30. The summed E-state index contributed by atoms with van der Waals surface area (Å²) in [4.78, 5) is 20.9. The molecule has 0 aliphatic heterocycles. The molecule has 2 heterocycles. The molecule has 0 atom stereocenters. The number of nitrogens with one attached hydrogen (secondary N) is 2. The van der Waals surface area contributed by atoms with Crippen LogP contribution in [0.3, 0.4) is 0 Å². The molecule has 0 spiro atoms. The van der Waals surface area contributed by atoms with Crippen molar-refractivity contribution in [3.05, 3.63) is 59.4 Å². The summed E-state index contributed by atoms with van der Waals surface area (Å²) in [5, 5.41) is 19.7. The second kappa shape index (κ2) is 8.89. The third-order valence-electron chi connectivity index (χ3n) is 5.51. The summed E-state index contributed by atoms with van der Waals surface area (Å²) in [5.74, 6) is -0.324. The molecule has 1 aliphatic rings. The smallest absolute Gasteiger partial charge is 0.310 e. The fraction of sp³-hybridized carbons (Fsp3) is 0.333. The number of hydrogen-bond donors (Lipinski definition) is 3. The van der Waals surface area contributed by atoms with E-state index in [0.717, 1.165) is 0 Å². The normalized spacial score (nSPS) is 20.9. The molecule has 2 aromatic heterocycles. The first-order valence-corrected chi connectivity index (χ1v) is 10.2. The molecule has 162 valence electrons.